The second-order valence-corrected chi connectivity index (χ2v) is 3.26. The van der Waals surface area contributed by atoms with Gasteiger partial charge in [0.2, 0.25) is 0 Å². The molecule has 0 saturated carbocycles. The van der Waals surface area contributed by atoms with E-state index in [0.29, 0.717) is 6.54 Å². The summed E-state index contributed by atoms with van der Waals surface area (Å²) in [6.45, 7) is 2.20. The monoisotopic (exact) mass is 351 g/mol. The van der Waals surface area contributed by atoms with Gasteiger partial charge in [-0.15, -0.1) is 0 Å². The van der Waals surface area contributed by atoms with E-state index >= 15 is 0 Å². The van der Waals surface area contributed by atoms with Gasteiger partial charge in [0.1, 0.15) is 0 Å². The topological polar surface area (TPSA) is 52.0 Å². The minimum absolute atomic E-state index is 0. The number of rotatable bonds is 2. The van der Waals surface area contributed by atoms with Crippen LogP contribution < -0.4 is 11.5 Å². The van der Waals surface area contributed by atoms with Crippen LogP contribution in [0.25, 0.3) is 0 Å². The van der Waals surface area contributed by atoms with E-state index in [1.807, 2.05) is 0 Å². The van der Waals surface area contributed by atoms with E-state index in [-0.39, 0.29) is 27.0 Å². The zero-order chi connectivity index (χ0) is 6.78. The zero-order valence-corrected chi connectivity index (χ0v) is 8.80. The fraction of sp³-hybridized carbons (Fsp3) is 1.00. The van der Waals surface area contributed by atoms with Crippen molar-refractivity contribution in [2.24, 2.45) is 17.4 Å². The minimum atomic E-state index is -1.17. The molecule has 0 fully saturated rings. The van der Waals surface area contributed by atoms with Crippen LogP contribution in [0.15, 0.2) is 0 Å². The molecule has 0 aromatic carbocycles. The second kappa shape index (κ2) is 4.92. The van der Waals surface area contributed by atoms with Gasteiger partial charge < -0.3 is 5.73 Å². The number of hydrogen-bond donors (Lipinski definition) is 2. The molecule has 4 N–H and O–H groups in total. The van der Waals surface area contributed by atoms with Crippen molar-refractivity contribution in [2.75, 3.05) is 6.54 Å². The summed E-state index contributed by atoms with van der Waals surface area (Å²) in [6.07, 6.45) is 0. The number of nitrogens with two attached hydrogens (primary N) is 2. The Morgan fingerprint density at radius 2 is 1.89 bits per heavy atom. The van der Waals surface area contributed by atoms with Crippen molar-refractivity contribution in [3.05, 3.63) is 0 Å². The van der Waals surface area contributed by atoms with E-state index in [1.54, 1.807) is 6.92 Å². The molecule has 0 spiro atoms. The molecule has 0 radical (unpaired) electrons. The van der Waals surface area contributed by atoms with Crippen molar-refractivity contribution in [3.8, 4) is 0 Å². The van der Waals surface area contributed by atoms with E-state index < -0.39 is 4.46 Å². The fourth-order valence-corrected chi connectivity index (χ4v) is 0.335. The van der Waals surface area contributed by atoms with E-state index in [2.05, 4.69) is 0 Å². The standard InChI is InChI=1S/C4H10Cl2N2.Pt/c1-3(2-7)4(5,6)8;/h3H,2,7-8H2,1H3;. The quantitative estimate of drug-likeness (QED) is 0.567. The molecule has 0 aromatic heterocycles. The molecule has 0 rings (SSSR count). The molecule has 5 heteroatoms. The third kappa shape index (κ3) is 5.62. The molecular weight excluding hydrogens is 342 g/mol. The summed E-state index contributed by atoms with van der Waals surface area (Å²) >= 11 is 10.9. The Bertz CT molecular complexity index is 73.5. The predicted octanol–water partition coefficient (Wildman–Crippen LogP) is 0.669. The summed E-state index contributed by atoms with van der Waals surface area (Å²) in [5, 5.41) is 0. The second-order valence-electron chi connectivity index (χ2n) is 1.81. The van der Waals surface area contributed by atoms with Gasteiger partial charge in [0.25, 0.3) is 0 Å². The SMILES string of the molecule is CC(CN)C(N)(Cl)Cl.[Pt]. The average Bonchev–Trinajstić information content (AvgIpc) is 1.62. The Hall–Kier alpha value is 1.19. The number of halogens is 2. The average molecular weight is 352 g/mol. The minimum Gasteiger partial charge on any atom is -0.330 e. The maximum absolute atomic E-state index is 5.45. The molecule has 0 saturated heterocycles. The van der Waals surface area contributed by atoms with Crippen LogP contribution >= 0.6 is 23.2 Å². The first kappa shape index (κ1) is 12.8. The Balaban J connectivity index is 0. The van der Waals surface area contributed by atoms with Crippen LogP contribution in [-0.4, -0.2) is 11.0 Å². The van der Waals surface area contributed by atoms with E-state index in [4.69, 9.17) is 34.7 Å². The third-order valence-corrected chi connectivity index (χ3v) is 1.76. The molecule has 0 aliphatic heterocycles. The summed E-state index contributed by atoms with van der Waals surface area (Å²) < 4.78 is -1.17. The molecule has 60 valence electrons. The van der Waals surface area contributed by atoms with Gasteiger partial charge in [-0.05, 0) is 6.54 Å². The molecule has 1 atom stereocenters. The van der Waals surface area contributed by atoms with Crippen LogP contribution in [0.1, 0.15) is 6.92 Å². The summed E-state index contributed by atoms with van der Waals surface area (Å²) in [5.41, 5.74) is 10.4. The predicted molar refractivity (Wildman–Crippen MR) is 36.8 cm³/mol. The summed E-state index contributed by atoms with van der Waals surface area (Å²) in [7, 11) is 0. The smallest absolute Gasteiger partial charge is 0.170 e. The van der Waals surface area contributed by atoms with Crippen molar-refractivity contribution in [2.45, 2.75) is 11.4 Å². The zero-order valence-electron chi connectivity index (χ0n) is 5.01. The van der Waals surface area contributed by atoms with Crippen molar-refractivity contribution >= 4 is 23.2 Å². The molecular formula is C4H10Cl2N2Pt. The van der Waals surface area contributed by atoms with E-state index in [0.717, 1.165) is 0 Å². The summed E-state index contributed by atoms with van der Waals surface area (Å²) in [6, 6.07) is 0. The van der Waals surface area contributed by atoms with Crippen molar-refractivity contribution in [1.82, 2.24) is 0 Å². The van der Waals surface area contributed by atoms with E-state index in [9.17, 15) is 0 Å². The van der Waals surface area contributed by atoms with Gasteiger partial charge in [-0.25, -0.2) is 0 Å². The Morgan fingerprint density at radius 3 is 1.89 bits per heavy atom. The molecule has 1 unspecified atom stereocenters. The fourth-order valence-electron chi connectivity index (χ4n) is 0.157. The van der Waals surface area contributed by atoms with Gasteiger partial charge in [-0.2, -0.15) is 0 Å². The Labute approximate surface area is 79.5 Å². The van der Waals surface area contributed by atoms with Gasteiger partial charge in [-0.1, -0.05) is 30.1 Å². The van der Waals surface area contributed by atoms with Crippen LogP contribution in [0.4, 0.5) is 0 Å². The number of alkyl halides is 2. The van der Waals surface area contributed by atoms with Gasteiger partial charge >= 0.3 is 0 Å². The normalized spacial score (nSPS) is 14.3. The van der Waals surface area contributed by atoms with Crippen LogP contribution in [0.3, 0.4) is 0 Å². The van der Waals surface area contributed by atoms with Crippen molar-refractivity contribution in [3.63, 3.8) is 0 Å². The molecule has 0 heterocycles. The Morgan fingerprint density at radius 1 is 1.56 bits per heavy atom. The maximum atomic E-state index is 5.45. The third-order valence-electron chi connectivity index (χ3n) is 1.01. The molecule has 0 aromatic rings. The first-order valence-electron chi connectivity index (χ1n) is 2.35. The molecule has 9 heavy (non-hydrogen) atoms. The summed E-state index contributed by atoms with van der Waals surface area (Å²) in [5.74, 6) is -0.0640. The van der Waals surface area contributed by atoms with Crippen molar-refractivity contribution < 1.29 is 21.1 Å². The molecule has 0 amide bonds. The summed E-state index contributed by atoms with van der Waals surface area (Å²) in [4.78, 5) is 0. The first-order chi connectivity index (χ1) is 3.48. The molecule has 0 aliphatic rings. The van der Waals surface area contributed by atoms with E-state index in [1.165, 1.54) is 0 Å². The Kier molecular flexibility index (Phi) is 7.02. The van der Waals surface area contributed by atoms with Crippen molar-refractivity contribution in [1.29, 1.82) is 0 Å². The van der Waals surface area contributed by atoms with Gasteiger partial charge in [-0.3, -0.25) is 5.73 Å². The van der Waals surface area contributed by atoms with Crippen LogP contribution in [-0.2, 0) is 21.1 Å². The van der Waals surface area contributed by atoms with Gasteiger partial charge in [0.05, 0.1) is 0 Å². The van der Waals surface area contributed by atoms with Crippen LogP contribution in [0.5, 0.6) is 0 Å². The molecule has 2 nitrogen and oxygen atoms in total. The van der Waals surface area contributed by atoms with Gasteiger partial charge in [0.15, 0.2) is 4.46 Å². The maximum Gasteiger partial charge on any atom is 0.170 e. The van der Waals surface area contributed by atoms with Gasteiger partial charge in [0, 0.05) is 27.0 Å². The van der Waals surface area contributed by atoms with Crippen LogP contribution in [0, 0.1) is 5.92 Å². The number of hydrogen-bond acceptors (Lipinski definition) is 2. The largest absolute Gasteiger partial charge is 0.330 e. The van der Waals surface area contributed by atoms with Crippen LogP contribution in [0.2, 0.25) is 0 Å². The molecule has 0 bridgehead atoms. The molecule has 0 aliphatic carbocycles. The first-order valence-corrected chi connectivity index (χ1v) is 3.11.